The smallest absolute Gasteiger partial charge is 0.203 e. The summed E-state index contributed by atoms with van der Waals surface area (Å²) in [5.74, 6) is 1.70. The molecule has 0 aromatic heterocycles. The Morgan fingerprint density at radius 1 is 0.750 bits per heavy atom. The van der Waals surface area contributed by atoms with Crippen molar-refractivity contribution in [2.24, 2.45) is 0 Å². The Kier molecular flexibility index (Phi) is 4.25. The summed E-state index contributed by atoms with van der Waals surface area (Å²) in [6, 6.07) is 12.0. The van der Waals surface area contributed by atoms with E-state index in [1.807, 2.05) is 18.2 Å². The molecule has 0 heterocycles. The maximum Gasteiger partial charge on any atom is 0.203 e. The number of ether oxygens (including phenoxy) is 3. The maximum absolute atomic E-state index is 11.4. The molecular formula is C16H16O4. The molecule has 2 aromatic rings. The third-order valence-corrected chi connectivity index (χ3v) is 2.98. The summed E-state index contributed by atoms with van der Waals surface area (Å²) in [6.07, 6.45) is 0. The molecule has 4 nitrogen and oxygen atoms in total. The molecule has 2 rings (SSSR count). The predicted octanol–water partition coefficient (Wildman–Crippen LogP) is 2.74. The van der Waals surface area contributed by atoms with Crippen LogP contribution in [0.4, 0.5) is 0 Å². The zero-order chi connectivity index (χ0) is 14.5. The summed E-state index contributed by atoms with van der Waals surface area (Å²) in [7, 11) is 4.71. The Bertz CT molecular complexity index is 665. The van der Waals surface area contributed by atoms with E-state index in [1.54, 1.807) is 33.5 Å². The van der Waals surface area contributed by atoms with Crippen molar-refractivity contribution in [3.8, 4) is 28.4 Å². The van der Waals surface area contributed by atoms with Gasteiger partial charge in [-0.2, -0.15) is 0 Å². The molecule has 0 aliphatic rings. The Morgan fingerprint density at radius 3 is 2.15 bits per heavy atom. The van der Waals surface area contributed by atoms with Crippen LogP contribution in [0.25, 0.3) is 11.1 Å². The summed E-state index contributed by atoms with van der Waals surface area (Å²) in [6.45, 7) is 0. The van der Waals surface area contributed by atoms with E-state index in [4.69, 9.17) is 14.2 Å². The van der Waals surface area contributed by atoms with Gasteiger partial charge in [-0.25, -0.2) is 0 Å². The summed E-state index contributed by atoms with van der Waals surface area (Å²) in [5, 5.41) is 0. The van der Waals surface area contributed by atoms with Crippen molar-refractivity contribution in [2.75, 3.05) is 21.3 Å². The molecular weight excluding hydrogens is 256 g/mol. The van der Waals surface area contributed by atoms with Crippen molar-refractivity contribution in [2.45, 2.75) is 0 Å². The van der Waals surface area contributed by atoms with Crippen molar-refractivity contribution < 1.29 is 14.2 Å². The number of methoxy groups -OCH3 is 3. The van der Waals surface area contributed by atoms with Crippen LogP contribution in [0, 0.1) is 0 Å². The molecule has 2 aromatic carbocycles. The van der Waals surface area contributed by atoms with E-state index in [0.29, 0.717) is 17.2 Å². The van der Waals surface area contributed by atoms with Crippen molar-refractivity contribution in [3.63, 3.8) is 0 Å². The second kappa shape index (κ2) is 6.10. The topological polar surface area (TPSA) is 44.8 Å². The minimum atomic E-state index is -0.0457. The van der Waals surface area contributed by atoms with E-state index in [9.17, 15) is 4.79 Å². The van der Waals surface area contributed by atoms with Crippen molar-refractivity contribution in [1.82, 2.24) is 0 Å². The van der Waals surface area contributed by atoms with Gasteiger partial charge < -0.3 is 14.2 Å². The normalized spacial score (nSPS) is 9.95. The van der Waals surface area contributed by atoms with Gasteiger partial charge in [0.1, 0.15) is 0 Å². The lowest BCUT2D eigenvalue weighted by Crippen LogP contribution is -1.96. The fourth-order valence-electron chi connectivity index (χ4n) is 2.04. The van der Waals surface area contributed by atoms with E-state index in [1.165, 1.54) is 12.1 Å². The fraction of sp³-hybridized carbons (Fsp3) is 0.188. The standard InChI is InChI=1S/C16H16O4/c1-18-14-10-9-13(15(19-2)16(14)20-3)11-5-4-6-12(17)8-7-11/h4-10H,1-3H3. The van der Waals surface area contributed by atoms with Crippen LogP contribution in [0.15, 0.2) is 47.3 Å². The molecule has 0 amide bonds. The van der Waals surface area contributed by atoms with Crippen LogP contribution in [0.5, 0.6) is 17.2 Å². The van der Waals surface area contributed by atoms with Crippen LogP contribution in [0.3, 0.4) is 0 Å². The summed E-state index contributed by atoms with van der Waals surface area (Å²) < 4.78 is 16.1. The third-order valence-electron chi connectivity index (χ3n) is 2.98. The molecule has 0 saturated carbocycles. The number of benzene rings is 1. The number of rotatable bonds is 4. The molecule has 0 fully saturated rings. The maximum atomic E-state index is 11.4. The van der Waals surface area contributed by atoms with Crippen molar-refractivity contribution in [3.05, 3.63) is 52.7 Å². The molecule has 0 spiro atoms. The minimum absolute atomic E-state index is 0.0457. The van der Waals surface area contributed by atoms with Crippen LogP contribution < -0.4 is 19.6 Å². The molecule has 0 bridgehead atoms. The van der Waals surface area contributed by atoms with E-state index in [2.05, 4.69) is 0 Å². The molecule has 0 aliphatic heterocycles. The van der Waals surface area contributed by atoms with E-state index >= 15 is 0 Å². The van der Waals surface area contributed by atoms with Crippen molar-refractivity contribution in [1.29, 1.82) is 0 Å². The van der Waals surface area contributed by atoms with Crippen LogP contribution in [-0.4, -0.2) is 21.3 Å². The van der Waals surface area contributed by atoms with Crippen molar-refractivity contribution >= 4 is 0 Å². The second-order valence-corrected chi connectivity index (χ2v) is 4.10. The van der Waals surface area contributed by atoms with E-state index < -0.39 is 0 Å². The molecule has 0 aliphatic carbocycles. The average molecular weight is 272 g/mol. The molecule has 20 heavy (non-hydrogen) atoms. The minimum Gasteiger partial charge on any atom is -0.493 e. The first kappa shape index (κ1) is 13.9. The quantitative estimate of drug-likeness (QED) is 0.858. The van der Waals surface area contributed by atoms with Crippen LogP contribution in [0.1, 0.15) is 0 Å². The average Bonchev–Trinajstić information content (AvgIpc) is 2.70. The lowest BCUT2D eigenvalue weighted by atomic mass is 10.1. The number of hydrogen-bond acceptors (Lipinski definition) is 4. The van der Waals surface area contributed by atoms with Gasteiger partial charge in [-0.15, -0.1) is 0 Å². The van der Waals surface area contributed by atoms with Crippen LogP contribution in [-0.2, 0) is 0 Å². The Labute approximate surface area is 117 Å². The first-order chi connectivity index (χ1) is 9.71. The summed E-state index contributed by atoms with van der Waals surface area (Å²) >= 11 is 0. The number of hydrogen-bond donors (Lipinski definition) is 0. The van der Waals surface area contributed by atoms with E-state index in [0.717, 1.165) is 11.1 Å². The van der Waals surface area contributed by atoms with Gasteiger partial charge in [-0.3, -0.25) is 4.79 Å². The molecule has 0 radical (unpaired) electrons. The van der Waals surface area contributed by atoms with Gasteiger partial charge in [0.15, 0.2) is 16.9 Å². The summed E-state index contributed by atoms with van der Waals surface area (Å²) in [4.78, 5) is 11.4. The van der Waals surface area contributed by atoms with Gasteiger partial charge in [0, 0.05) is 5.56 Å². The highest BCUT2D eigenvalue weighted by atomic mass is 16.5. The zero-order valence-electron chi connectivity index (χ0n) is 11.7. The largest absolute Gasteiger partial charge is 0.493 e. The van der Waals surface area contributed by atoms with Gasteiger partial charge in [-0.1, -0.05) is 18.2 Å². The second-order valence-electron chi connectivity index (χ2n) is 4.10. The lowest BCUT2D eigenvalue weighted by molar-refractivity contribution is 0.325. The fourth-order valence-corrected chi connectivity index (χ4v) is 2.04. The molecule has 104 valence electrons. The van der Waals surface area contributed by atoms with E-state index in [-0.39, 0.29) is 5.43 Å². The molecule has 0 atom stereocenters. The highest BCUT2D eigenvalue weighted by Crippen LogP contribution is 2.43. The Hall–Kier alpha value is -2.49. The van der Waals surface area contributed by atoms with Gasteiger partial charge in [0.05, 0.1) is 21.3 Å². The SMILES string of the molecule is COc1ccc(-c2cccc(=O)cc2)c(OC)c1OC. The monoisotopic (exact) mass is 272 g/mol. The zero-order valence-corrected chi connectivity index (χ0v) is 11.7. The first-order valence-corrected chi connectivity index (χ1v) is 6.11. The predicted molar refractivity (Wildman–Crippen MR) is 77.8 cm³/mol. The third kappa shape index (κ3) is 2.59. The Morgan fingerprint density at radius 2 is 1.50 bits per heavy atom. The highest BCUT2D eigenvalue weighted by Gasteiger charge is 2.16. The van der Waals surface area contributed by atoms with Gasteiger partial charge in [0.2, 0.25) is 5.75 Å². The molecule has 0 saturated heterocycles. The summed E-state index contributed by atoms with van der Waals surface area (Å²) in [5.41, 5.74) is 1.65. The van der Waals surface area contributed by atoms with Gasteiger partial charge in [0.25, 0.3) is 0 Å². The van der Waals surface area contributed by atoms with Crippen LogP contribution in [0.2, 0.25) is 0 Å². The first-order valence-electron chi connectivity index (χ1n) is 6.11. The highest BCUT2D eigenvalue weighted by molar-refractivity contribution is 5.76. The molecule has 0 N–H and O–H groups in total. The van der Waals surface area contributed by atoms with Gasteiger partial charge in [-0.05, 0) is 29.8 Å². The molecule has 0 unspecified atom stereocenters. The lowest BCUT2D eigenvalue weighted by Gasteiger charge is -2.15. The Balaban J connectivity index is 2.68. The van der Waals surface area contributed by atoms with Gasteiger partial charge >= 0.3 is 0 Å². The van der Waals surface area contributed by atoms with Crippen LogP contribution >= 0.6 is 0 Å². The molecule has 4 heteroatoms.